The molecule has 0 saturated carbocycles. The van der Waals surface area contributed by atoms with E-state index in [9.17, 15) is 4.79 Å². The van der Waals surface area contributed by atoms with E-state index in [1.807, 2.05) is 36.4 Å². The SMILES string of the molecule is CCCCOc1ccc(/C=N/NC(=O)COc2ccc(Br)cc2)cc1. The van der Waals surface area contributed by atoms with Crippen LogP contribution in [0.3, 0.4) is 0 Å². The Hall–Kier alpha value is -2.34. The minimum atomic E-state index is -0.321. The van der Waals surface area contributed by atoms with Crippen molar-refractivity contribution >= 4 is 28.1 Å². The van der Waals surface area contributed by atoms with Gasteiger partial charge < -0.3 is 9.47 Å². The largest absolute Gasteiger partial charge is 0.494 e. The van der Waals surface area contributed by atoms with Crippen LogP contribution < -0.4 is 14.9 Å². The number of amides is 1. The number of ether oxygens (including phenoxy) is 2. The fraction of sp³-hybridized carbons (Fsp3) is 0.263. The monoisotopic (exact) mass is 404 g/mol. The van der Waals surface area contributed by atoms with Crippen molar-refractivity contribution < 1.29 is 14.3 Å². The highest BCUT2D eigenvalue weighted by molar-refractivity contribution is 9.10. The zero-order chi connectivity index (χ0) is 17.9. The molecule has 1 amide bonds. The van der Waals surface area contributed by atoms with Crippen molar-refractivity contribution in [2.24, 2.45) is 5.10 Å². The van der Waals surface area contributed by atoms with Gasteiger partial charge in [-0.1, -0.05) is 29.3 Å². The molecule has 25 heavy (non-hydrogen) atoms. The van der Waals surface area contributed by atoms with Crippen molar-refractivity contribution in [2.75, 3.05) is 13.2 Å². The van der Waals surface area contributed by atoms with E-state index in [1.165, 1.54) is 0 Å². The van der Waals surface area contributed by atoms with E-state index in [0.29, 0.717) is 5.75 Å². The van der Waals surface area contributed by atoms with Crippen molar-refractivity contribution in [1.82, 2.24) is 5.43 Å². The van der Waals surface area contributed by atoms with Crippen LogP contribution in [0.25, 0.3) is 0 Å². The van der Waals surface area contributed by atoms with E-state index < -0.39 is 0 Å². The number of hydrazone groups is 1. The van der Waals surface area contributed by atoms with Gasteiger partial charge in [0.05, 0.1) is 12.8 Å². The van der Waals surface area contributed by atoms with E-state index in [-0.39, 0.29) is 12.5 Å². The molecule has 0 radical (unpaired) electrons. The van der Waals surface area contributed by atoms with Gasteiger partial charge in [0.1, 0.15) is 11.5 Å². The minimum Gasteiger partial charge on any atom is -0.494 e. The van der Waals surface area contributed by atoms with Crippen LogP contribution in [0.2, 0.25) is 0 Å². The Morgan fingerprint density at radius 2 is 1.72 bits per heavy atom. The van der Waals surface area contributed by atoms with Crippen LogP contribution in [-0.2, 0) is 4.79 Å². The molecule has 132 valence electrons. The normalized spacial score (nSPS) is 10.6. The fourth-order valence-electron chi connectivity index (χ4n) is 1.88. The van der Waals surface area contributed by atoms with Gasteiger partial charge in [-0.2, -0.15) is 5.10 Å². The molecule has 2 aromatic carbocycles. The molecule has 0 fully saturated rings. The predicted molar refractivity (Wildman–Crippen MR) is 102 cm³/mol. The van der Waals surface area contributed by atoms with E-state index >= 15 is 0 Å². The summed E-state index contributed by atoms with van der Waals surface area (Å²) in [6, 6.07) is 14.8. The second-order valence-electron chi connectivity index (χ2n) is 5.31. The first kappa shape index (κ1) is 19.0. The molecule has 0 bridgehead atoms. The van der Waals surface area contributed by atoms with Crippen molar-refractivity contribution in [3.05, 3.63) is 58.6 Å². The number of hydrogen-bond acceptors (Lipinski definition) is 4. The highest BCUT2D eigenvalue weighted by atomic mass is 79.9. The Kier molecular flexibility index (Phi) is 7.98. The summed E-state index contributed by atoms with van der Waals surface area (Å²) in [5, 5.41) is 3.92. The maximum Gasteiger partial charge on any atom is 0.277 e. The van der Waals surface area contributed by atoms with Gasteiger partial charge in [0.25, 0.3) is 5.91 Å². The van der Waals surface area contributed by atoms with Gasteiger partial charge in [0, 0.05) is 4.47 Å². The lowest BCUT2D eigenvalue weighted by Gasteiger charge is -2.05. The number of rotatable bonds is 9. The summed E-state index contributed by atoms with van der Waals surface area (Å²) >= 11 is 3.34. The van der Waals surface area contributed by atoms with Gasteiger partial charge in [-0.05, 0) is 60.5 Å². The zero-order valence-electron chi connectivity index (χ0n) is 14.1. The first-order chi connectivity index (χ1) is 12.2. The third-order valence-electron chi connectivity index (χ3n) is 3.23. The smallest absolute Gasteiger partial charge is 0.277 e. The maximum absolute atomic E-state index is 11.7. The van der Waals surface area contributed by atoms with Gasteiger partial charge in [0.2, 0.25) is 0 Å². The van der Waals surface area contributed by atoms with Crippen molar-refractivity contribution in [3.63, 3.8) is 0 Å². The summed E-state index contributed by atoms with van der Waals surface area (Å²) in [4.78, 5) is 11.7. The lowest BCUT2D eigenvalue weighted by atomic mass is 10.2. The van der Waals surface area contributed by atoms with Crippen LogP contribution in [-0.4, -0.2) is 25.3 Å². The summed E-state index contributed by atoms with van der Waals surface area (Å²) in [6.45, 7) is 2.75. The first-order valence-electron chi connectivity index (χ1n) is 8.10. The van der Waals surface area contributed by atoms with E-state index in [4.69, 9.17) is 9.47 Å². The Bertz CT molecular complexity index is 685. The lowest BCUT2D eigenvalue weighted by molar-refractivity contribution is -0.123. The first-order valence-corrected chi connectivity index (χ1v) is 8.90. The third-order valence-corrected chi connectivity index (χ3v) is 3.76. The van der Waals surface area contributed by atoms with Crippen molar-refractivity contribution in [1.29, 1.82) is 0 Å². The molecule has 0 heterocycles. The Balaban J connectivity index is 1.72. The summed E-state index contributed by atoms with van der Waals surface area (Å²) < 4.78 is 11.9. The second kappa shape index (κ2) is 10.5. The number of carbonyl (C=O) groups is 1. The van der Waals surface area contributed by atoms with Crippen LogP contribution in [0, 0.1) is 0 Å². The third kappa shape index (κ3) is 7.39. The number of unbranched alkanes of at least 4 members (excludes halogenated alkanes) is 1. The molecule has 5 nitrogen and oxygen atoms in total. The van der Waals surface area contributed by atoms with Crippen molar-refractivity contribution in [2.45, 2.75) is 19.8 Å². The van der Waals surface area contributed by atoms with Gasteiger partial charge >= 0.3 is 0 Å². The molecule has 0 aliphatic heterocycles. The molecular weight excluding hydrogens is 384 g/mol. The number of carbonyl (C=O) groups excluding carboxylic acids is 1. The molecule has 6 heteroatoms. The van der Waals surface area contributed by atoms with Crippen LogP contribution in [0.4, 0.5) is 0 Å². The highest BCUT2D eigenvalue weighted by Gasteiger charge is 2.01. The quantitative estimate of drug-likeness (QED) is 0.387. The summed E-state index contributed by atoms with van der Waals surface area (Å²) in [5.74, 6) is 1.14. The molecule has 0 aliphatic rings. The molecular formula is C19H21BrN2O3. The average molecular weight is 405 g/mol. The summed E-state index contributed by atoms with van der Waals surface area (Å²) in [7, 11) is 0. The van der Waals surface area contributed by atoms with Gasteiger partial charge in [0.15, 0.2) is 6.61 Å². The minimum absolute atomic E-state index is 0.0941. The number of halogens is 1. The van der Waals surface area contributed by atoms with Gasteiger partial charge in [-0.3, -0.25) is 4.79 Å². The number of hydrogen-bond donors (Lipinski definition) is 1. The van der Waals surface area contributed by atoms with E-state index in [2.05, 4.69) is 33.4 Å². The topological polar surface area (TPSA) is 59.9 Å². The Labute approximate surface area is 156 Å². The number of nitrogens with zero attached hydrogens (tertiary/aromatic N) is 1. The molecule has 2 rings (SSSR count). The van der Waals surface area contributed by atoms with E-state index in [0.717, 1.165) is 35.2 Å². The molecule has 0 aromatic heterocycles. The standard InChI is InChI=1S/C19H21BrN2O3/c1-2-3-12-24-17-8-4-15(5-9-17)13-21-22-19(23)14-25-18-10-6-16(20)7-11-18/h4-11,13H,2-3,12,14H2,1H3,(H,22,23)/b21-13+. The average Bonchev–Trinajstić information content (AvgIpc) is 2.63. The Morgan fingerprint density at radius 1 is 1.08 bits per heavy atom. The predicted octanol–water partition coefficient (Wildman–Crippen LogP) is 4.16. The molecule has 2 aromatic rings. The molecule has 0 atom stereocenters. The van der Waals surface area contributed by atoms with Crippen LogP contribution >= 0.6 is 15.9 Å². The molecule has 0 unspecified atom stereocenters. The van der Waals surface area contributed by atoms with Crippen LogP contribution in [0.1, 0.15) is 25.3 Å². The fourth-order valence-corrected chi connectivity index (χ4v) is 2.14. The summed E-state index contributed by atoms with van der Waals surface area (Å²) in [6.07, 6.45) is 3.72. The molecule has 1 N–H and O–H groups in total. The van der Waals surface area contributed by atoms with Crippen LogP contribution in [0.15, 0.2) is 58.1 Å². The van der Waals surface area contributed by atoms with Gasteiger partial charge in [-0.25, -0.2) is 5.43 Å². The second-order valence-corrected chi connectivity index (χ2v) is 6.22. The van der Waals surface area contributed by atoms with E-state index in [1.54, 1.807) is 18.3 Å². The zero-order valence-corrected chi connectivity index (χ0v) is 15.7. The summed E-state index contributed by atoms with van der Waals surface area (Å²) in [5.41, 5.74) is 3.31. The van der Waals surface area contributed by atoms with Crippen LogP contribution in [0.5, 0.6) is 11.5 Å². The maximum atomic E-state index is 11.7. The highest BCUT2D eigenvalue weighted by Crippen LogP contribution is 2.15. The van der Waals surface area contributed by atoms with Crippen molar-refractivity contribution in [3.8, 4) is 11.5 Å². The number of nitrogens with one attached hydrogen (secondary N) is 1. The Morgan fingerprint density at radius 3 is 2.40 bits per heavy atom. The molecule has 0 saturated heterocycles. The lowest BCUT2D eigenvalue weighted by Crippen LogP contribution is -2.24. The molecule has 0 aliphatic carbocycles. The molecule has 0 spiro atoms. The van der Waals surface area contributed by atoms with Gasteiger partial charge in [-0.15, -0.1) is 0 Å². The number of benzene rings is 2.